The topological polar surface area (TPSA) is 87.3 Å². The molecule has 0 fully saturated rings. The van der Waals surface area contributed by atoms with Crippen LogP contribution in [0.2, 0.25) is 0 Å². The molecule has 0 saturated heterocycles. The number of fused-ring (bicyclic) bond motifs is 1. The summed E-state index contributed by atoms with van der Waals surface area (Å²) in [5.41, 5.74) is 3.96. The van der Waals surface area contributed by atoms with E-state index in [-0.39, 0.29) is 10.5 Å². The van der Waals surface area contributed by atoms with E-state index in [1.165, 1.54) is 12.1 Å². The van der Waals surface area contributed by atoms with E-state index in [4.69, 9.17) is 0 Å². The molecule has 2 aromatic heterocycles. The Morgan fingerprint density at radius 3 is 2.71 bits per heavy atom. The van der Waals surface area contributed by atoms with Crippen LogP contribution < -0.4 is 4.72 Å². The Kier molecular flexibility index (Phi) is 4.34. The molecule has 4 aromatic rings. The van der Waals surface area contributed by atoms with Crippen LogP contribution in [0.1, 0.15) is 11.1 Å². The lowest BCUT2D eigenvalue weighted by Gasteiger charge is -2.10. The van der Waals surface area contributed by atoms with Crippen molar-refractivity contribution < 1.29 is 8.42 Å². The molecule has 138 valence electrons. The third-order valence-corrected chi connectivity index (χ3v) is 5.76. The van der Waals surface area contributed by atoms with Crippen molar-refractivity contribution >= 4 is 21.4 Å². The minimum Gasteiger partial charge on any atom is -0.306 e. The van der Waals surface area contributed by atoms with Crippen LogP contribution in [0.4, 0.5) is 5.69 Å². The van der Waals surface area contributed by atoms with E-state index in [0.717, 1.165) is 22.5 Å². The first-order valence-electron chi connectivity index (χ1n) is 8.54. The summed E-state index contributed by atoms with van der Waals surface area (Å²) in [5, 5.41) is 9.18. The summed E-state index contributed by atoms with van der Waals surface area (Å²) < 4.78 is 29.9. The van der Waals surface area contributed by atoms with Gasteiger partial charge >= 0.3 is 0 Å². The summed E-state index contributed by atoms with van der Waals surface area (Å²) in [6.45, 7) is 2.00. The molecule has 0 aliphatic rings. The monoisotopic (exact) mass is 388 g/mol. The van der Waals surface area contributed by atoms with Gasteiger partial charge in [0.1, 0.15) is 16.6 Å². The summed E-state index contributed by atoms with van der Waals surface area (Å²) >= 11 is 0. The lowest BCUT2D eigenvalue weighted by atomic mass is 10.1. The van der Waals surface area contributed by atoms with Crippen LogP contribution in [-0.2, 0) is 10.0 Å². The zero-order chi connectivity index (χ0) is 19.7. The van der Waals surface area contributed by atoms with Gasteiger partial charge in [0.25, 0.3) is 10.0 Å². The van der Waals surface area contributed by atoms with Crippen LogP contribution in [0.5, 0.6) is 0 Å². The van der Waals surface area contributed by atoms with E-state index in [9.17, 15) is 13.7 Å². The van der Waals surface area contributed by atoms with E-state index in [1.807, 2.05) is 48.0 Å². The number of aromatic nitrogens is 2. The van der Waals surface area contributed by atoms with Crippen molar-refractivity contribution in [1.82, 2.24) is 9.38 Å². The van der Waals surface area contributed by atoms with Gasteiger partial charge in [-0.2, -0.15) is 5.26 Å². The minimum atomic E-state index is -3.88. The maximum atomic E-state index is 12.7. The third-order valence-electron chi connectivity index (χ3n) is 4.32. The fourth-order valence-electron chi connectivity index (χ4n) is 2.97. The molecule has 0 aliphatic heterocycles. The van der Waals surface area contributed by atoms with Crippen molar-refractivity contribution in [3.63, 3.8) is 0 Å². The highest BCUT2D eigenvalue weighted by molar-refractivity contribution is 7.92. The second kappa shape index (κ2) is 6.83. The first kappa shape index (κ1) is 17.8. The normalized spacial score (nSPS) is 11.3. The number of benzene rings is 2. The average Bonchev–Trinajstić information content (AvgIpc) is 3.11. The molecular formula is C21H16N4O2S. The maximum Gasteiger partial charge on any atom is 0.263 e. The van der Waals surface area contributed by atoms with Gasteiger partial charge in [0.2, 0.25) is 0 Å². The number of imidazole rings is 1. The zero-order valence-electron chi connectivity index (χ0n) is 15.0. The van der Waals surface area contributed by atoms with Crippen LogP contribution in [0.25, 0.3) is 16.9 Å². The van der Waals surface area contributed by atoms with Gasteiger partial charge in [0.15, 0.2) is 0 Å². The molecule has 28 heavy (non-hydrogen) atoms. The number of anilines is 1. The third kappa shape index (κ3) is 3.33. The lowest BCUT2D eigenvalue weighted by molar-refractivity contribution is 0.601. The lowest BCUT2D eigenvalue weighted by Crippen LogP contribution is -2.14. The average molecular weight is 388 g/mol. The van der Waals surface area contributed by atoms with Crippen molar-refractivity contribution in [3.8, 4) is 17.3 Å². The summed E-state index contributed by atoms with van der Waals surface area (Å²) in [6, 6.07) is 19.0. The Balaban J connectivity index is 1.69. The van der Waals surface area contributed by atoms with Gasteiger partial charge in [0.05, 0.1) is 11.3 Å². The van der Waals surface area contributed by atoms with Gasteiger partial charge in [-0.3, -0.25) is 4.72 Å². The quantitative estimate of drug-likeness (QED) is 0.573. The summed E-state index contributed by atoms with van der Waals surface area (Å²) in [6.07, 6.45) is 3.83. The highest BCUT2D eigenvalue weighted by Crippen LogP contribution is 2.25. The molecule has 0 atom stereocenters. The fraction of sp³-hybridized carbons (Fsp3) is 0.0476. The number of sulfonamides is 1. The Bertz CT molecular complexity index is 1330. The minimum absolute atomic E-state index is 0.0499. The smallest absolute Gasteiger partial charge is 0.263 e. The molecule has 0 spiro atoms. The number of rotatable bonds is 4. The van der Waals surface area contributed by atoms with Crippen molar-refractivity contribution in [2.75, 3.05) is 4.72 Å². The largest absolute Gasteiger partial charge is 0.306 e. The second-order valence-electron chi connectivity index (χ2n) is 6.39. The number of nitrogens with zero attached hydrogens (tertiary/aromatic N) is 3. The molecule has 0 radical (unpaired) electrons. The molecule has 0 bridgehead atoms. The number of nitriles is 1. The van der Waals surface area contributed by atoms with Gasteiger partial charge < -0.3 is 4.40 Å². The number of nitrogens with one attached hydrogen (secondary N) is 1. The molecule has 1 N–H and O–H groups in total. The number of pyridine rings is 1. The van der Waals surface area contributed by atoms with Crippen molar-refractivity contribution in [2.24, 2.45) is 0 Å². The Hall–Kier alpha value is -3.63. The van der Waals surface area contributed by atoms with E-state index in [1.54, 1.807) is 30.3 Å². The molecule has 0 amide bonds. The van der Waals surface area contributed by atoms with Gasteiger partial charge in [-0.15, -0.1) is 0 Å². The van der Waals surface area contributed by atoms with Crippen LogP contribution in [0.15, 0.2) is 78.0 Å². The molecular weight excluding hydrogens is 372 g/mol. The predicted molar refractivity (Wildman–Crippen MR) is 107 cm³/mol. The summed E-state index contributed by atoms with van der Waals surface area (Å²) in [7, 11) is -3.88. The van der Waals surface area contributed by atoms with E-state index < -0.39 is 10.0 Å². The number of aryl methyl sites for hydroxylation is 1. The fourth-order valence-corrected chi connectivity index (χ4v) is 4.18. The molecule has 2 heterocycles. The van der Waals surface area contributed by atoms with Crippen LogP contribution in [0.3, 0.4) is 0 Å². The SMILES string of the molecule is Cc1ccn2cc(-c3cccc(NS(=O)(=O)c4ccccc4C#N)c3)nc2c1. The molecule has 4 rings (SSSR count). The number of hydrogen-bond acceptors (Lipinski definition) is 4. The predicted octanol–water partition coefficient (Wildman–Crippen LogP) is 3.98. The van der Waals surface area contributed by atoms with E-state index >= 15 is 0 Å². The Morgan fingerprint density at radius 1 is 1.07 bits per heavy atom. The first-order valence-corrected chi connectivity index (χ1v) is 10.0. The zero-order valence-corrected chi connectivity index (χ0v) is 15.8. The standard InChI is InChI=1S/C21H16N4O2S/c1-15-9-10-25-14-19(23-21(25)11-15)16-6-4-7-18(12-16)24-28(26,27)20-8-3-2-5-17(20)13-22/h2-12,14,24H,1H3. The first-order chi connectivity index (χ1) is 13.5. The molecule has 2 aromatic carbocycles. The second-order valence-corrected chi connectivity index (χ2v) is 8.04. The highest BCUT2D eigenvalue weighted by atomic mass is 32.2. The van der Waals surface area contributed by atoms with Crippen LogP contribution in [0, 0.1) is 18.3 Å². The maximum absolute atomic E-state index is 12.7. The van der Waals surface area contributed by atoms with Gasteiger partial charge in [-0.25, -0.2) is 13.4 Å². The Labute approximate surface area is 162 Å². The number of hydrogen-bond donors (Lipinski definition) is 1. The van der Waals surface area contributed by atoms with Gasteiger partial charge in [-0.1, -0.05) is 24.3 Å². The summed E-state index contributed by atoms with van der Waals surface area (Å²) in [4.78, 5) is 4.56. The van der Waals surface area contributed by atoms with Crippen LogP contribution >= 0.6 is 0 Å². The van der Waals surface area contributed by atoms with Gasteiger partial charge in [0, 0.05) is 23.6 Å². The van der Waals surface area contributed by atoms with E-state index in [0.29, 0.717) is 5.69 Å². The molecule has 0 unspecified atom stereocenters. The Morgan fingerprint density at radius 2 is 1.89 bits per heavy atom. The molecule has 0 aliphatic carbocycles. The molecule has 0 saturated carbocycles. The van der Waals surface area contributed by atoms with Crippen LogP contribution in [-0.4, -0.2) is 17.8 Å². The highest BCUT2D eigenvalue weighted by Gasteiger charge is 2.18. The van der Waals surface area contributed by atoms with E-state index in [2.05, 4.69) is 9.71 Å². The van der Waals surface area contributed by atoms with Crippen molar-refractivity contribution in [2.45, 2.75) is 11.8 Å². The molecule has 7 heteroatoms. The van der Waals surface area contributed by atoms with Crippen molar-refractivity contribution in [1.29, 1.82) is 5.26 Å². The van der Waals surface area contributed by atoms with Crippen molar-refractivity contribution in [3.05, 3.63) is 84.2 Å². The van der Waals surface area contributed by atoms with Gasteiger partial charge in [-0.05, 0) is 48.9 Å². The molecule has 6 nitrogen and oxygen atoms in total. The summed E-state index contributed by atoms with van der Waals surface area (Å²) in [5.74, 6) is 0.